The molecule has 0 aliphatic heterocycles. The molecule has 7 heteroatoms. The van der Waals surface area contributed by atoms with Crippen molar-refractivity contribution in [3.05, 3.63) is 59.5 Å². The van der Waals surface area contributed by atoms with Crippen LogP contribution >= 0.6 is 0 Å². The summed E-state index contributed by atoms with van der Waals surface area (Å²) in [7, 11) is 0. The molecule has 0 fully saturated rings. The van der Waals surface area contributed by atoms with Gasteiger partial charge in [0, 0.05) is 6.54 Å². The third-order valence-electron chi connectivity index (χ3n) is 3.41. The summed E-state index contributed by atoms with van der Waals surface area (Å²) < 4.78 is 15.7. The van der Waals surface area contributed by atoms with Gasteiger partial charge in [-0.3, -0.25) is 4.79 Å². The first-order valence-corrected chi connectivity index (χ1v) is 7.70. The molecule has 1 N–H and O–H groups in total. The van der Waals surface area contributed by atoms with Gasteiger partial charge in [-0.25, -0.2) is 4.79 Å². The summed E-state index contributed by atoms with van der Waals surface area (Å²) in [6.07, 6.45) is 1.54. The molecule has 0 saturated heterocycles. The lowest BCUT2D eigenvalue weighted by Gasteiger charge is -2.08. The highest BCUT2D eigenvalue weighted by Crippen LogP contribution is 2.18. The van der Waals surface area contributed by atoms with Crippen LogP contribution in [0.15, 0.2) is 41.4 Å². The Morgan fingerprint density at radius 2 is 2.16 bits per heavy atom. The number of hydrogen-bond donors (Lipinski definition) is 1. The summed E-state index contributed by atoms with van der Waals surface area (Å²) in [5, 5.41) is 6.39. The highest BCUT2D eigenvalue weighted by atomic mass is 16.5. The number of aryl methyl sites for hydroxylation is 2. The number of esters is 1. The molecule has 1 aromatic heterocycles. The number of aromatic nitrogens is 1. The second kappa shape index (κ2) is 8.68. The lowest BCUT2D eigenvalue weighted by atomic mass is 10.2. The van der Waals surface area contributed by atoms with E-state index >= 15 is 0 Å². The van der Waals surface area contributed by atoms with Crippen molar-refractivity contribution in [3.63, 3.8) is 0 Å². The maximum absolute atomic E-state index is 12.0. The minimum atomic E-state index is -0.600. The van der Waals surface area contributed by atoms with E-state index in [-0.39, 0.29) is 19.1 Å². The van der Waals surface area contributed by atoms with Crippen LogP contribution in [0.2, 0.25) is 0 Å². The van der Waals surface area contributed by atoms with Crippen molar-refractivity contribution in [1.29, 1.82) is 0 Å². The van der Waals surface area contributed by atoms with Crippen LogP contribution in [0, 0.1) is 13.8 Å². The summed E-state index contributed by atoms with van der Waals surface area (Å²) in [6.45, 7) is 7.38. The zero-order valence-corrected chi connectivity index (χ0v) is 14.2. The van der Waals surface area contributed by atoms with Crippen molar-refractivity contribution in [2.45, 2.75) is 20.5 Å². The number of rotatable bonds is 8. The number of benzene rings is 1. The third-order valence-corrected chi connectivity index (χ3v) is 3.41. The molecule has 1 heterocycles. The first-order valence-electron chi connectivity index (χ1n) is 7.70. The molecule has 2 rings (SSSR count). The lowest BCUT2D eigenvalue weighted by molar-refractivity contribution is -0.124. The maximum atomic E-state index is 12.0. The van der Waals surface area contributed by atoms with Gasteiger partial charge in [-0.15, -0.1) is 6.58 Å². The number of nitrogens with one attached hydrogen (secondary N) is 1. The molecule has 0 unspecified atom stereocenters. The Bertz CT molecular complexity index is 747. The van der Waals surface area contributed by atoms with E-state index in [1.165, 1.54) is 0 Å². The fourth-order valence-corrected chi connectivity index (χ4v) is 2.03. The summed E-state index contributed by atoms with van der Waals surface area (Å²) in [6, 6.07) is 6.55. The van der Waals surface area contributed by atoms with Gasteiger partial charge in [-0.1, -0.05) is 17.3 Å². The van der Waals surface area contributed by atoms with E-state index in [9.17, 15) is 9.59 Å². The van der Waals surface area contributed by atoms with Crippen molar-refractivity contribution in [1.82, 2.24) is 10.5 Å². The Morgan fingerprint density at radius 1 is 1.36 bits per heavy atom. The standard InChI is InChI=1S/C18H20N2O5/c1-4-8-19-17(21)11-24-18(22)14-6-5-7-15(9-14)23-10-16-12(2)20-25-13(16)3/h4-7,9H,1,8,10-11H2,2-3H3,(H,19,21). The summed E-state index contributed by atoms with van der Waals surface area (Å²) in [5.74, 6) is 0.208. The molecule has 7 nitrogen and oxygen atoms in total. The van der Waals surface area contributed by atoms with Crippen molar-refractivity contribution < 1.29 is 23.6 Å². The van der Waals surface area contributed by atoms with Crippen molar-refractivity contribution in [2.24, 2.45) is 0 Å². The Balaban J connectivity index is 1.92. The Hall–Kier alpha value is -3.09. The predicted molar refractivity (Wildman–Crippen MR) is 90.2 cm³/mol. The average molecular weight is 344 g/mol. The topological polar surface area (TPSA) is 90.7 Å². The second-order valence-corrected chi connectivity index (χ2v) is 5.29. The van der Waals surface area contributed by atoms with E-state index in [0.29, 0.717) is 23.6 Å². The Morgan fingerprint density at radius 3 is 2.84 bits per heavy atom. The fourth-order valence-electron chi connectivity index (χ4n) is 2.03. The number of carbonyl (C=O) groups excluding carboxylic acids is 2. The van der Waals surface area contributed by atoms with E-state index in [1.54, 1.807) is 30.3 Å². The molecule has 0 bridgehead atoms. The van der Waals surface area contributed by atoms with Gasteiger partial charge in [-0.2, -0.15) is 0 Å². The molecule has 1 amide bonds. The predicted octanol–water partition coefficient (Wildman–Crippen LogP) is 2.33. The molecular formula is C18H20N2O5. The van der Waals surface area contributed by atoms with Gasteiger partial charge in [0.1, 0.15) is 18.1 Å². The first-order chi connectivity index (χ1) is 12.0. The molecule has 0 saturated carbocycles. The molecule has 0 aliphatic carbocycles. The van der Waals surface area contributed by atoms with Gasteiger partial charge in [0.15, 0.2) is 6.61 Å². The molecule has 0 spiro atoms. The van der Waals surface area contributed by atoms with Crippen molar-refractivity contribution in [2.75, 3.05) is 13.2 Å². The minimum absolute atomic E-state index is 0.281. The van der Waals surface area contributed by atoms with E-state index < -0.39 is 5.97 Å². The molecule has 2 aromatic rings. The van der Waals surface area contributed by atoms with Crippen LogP contribution in [-0.4, -0.2) is 30.2 Å². The summed E-state index contributed by atoms with van der Waals surface area (Å²) in [5.41, 5.74) is 1.93. The molecule has 0 atom stereocenters. The smallest absolute Gasteiger partial charge is 0.338 e. The van der Waals surface area contributed by atoms with Crippen LogP contribution < -0.4 is 10.1 Å². The summed E-state index contributed by atoms with van der Waals surface area (Å²) in [4.78, 5) is 23.4. The van der Waals surface area contributed by atoms with Crippen LogP contribution in [0.5, 0.6) is 5.75 Å². The fraction of sp³-hybridized carbons (Fsp3) is 0.278. The number of hydrogen-bond acceptors (Lipinski definition) is 6. The molecule has 0 radical (unpaired) electrons. The molecule has 132 valence electrons. The van der Waals surface area contributed by atoms with Gasteiger partial charge in [0.2, 0.25) is 0 Å². The molecular weight excluding hydrogens is 324 g/mol. The van der Waals surface area contributed by atoms with Gasteiger partial charge < -0.3 is 19.3 Å². The van der Waals surface area contributed by atoms with E-state index in [4.69, 9.17) is 14.0 Å². The SMILES string of the molecule is C=CCNC(=O)COC(=O)c1cccc(OCc2c(C)noc2C)c1. The van der Waals surface area contributed by atoms with Crippen molar-refractivity contribution >= 4 is 11.9 Å². The lowest BCUT2D eigenvalue weighted by Crippen LogP contribution is -2.28. The minimum Gasteiger partial charge on any atom is -0.489 e. The highest BCUT2D eigenvalue weighted by Gasteiger charge is 2.12. The number of ether oxygens (including phenoxy) is 2. The number of nitrogens with zero attached hydrogens (tertiary/aromatic N) is 1. The third kappa shape index (κ3) is 5.20. The van der Waals surface area contributed by atoms with Crippen molar-refractivity contribution in [3.8, 4) is 5.75 Å². The van der Waals surface area contributed by atoms with Crippen LogP contribution in [0.4, 0.5) is 0 Å². The number of amides is 1. The molecule has 1 aromatic carbocycles. The van der Waals surface area contributed by atoms with E-state index in [1.807, 2.05) is 13.8 Å². The van der Waals surface area contributed by atoms with Crippen LogP contribution in [-0.2, 0) is 16.1 Å². The van der Waals surface area contributed by atoms with E-state index in [0.717, 1.165) is 11.3 Å². The van der Waals surface area contributed by atoms with Crippen LogP contribution in [0.3, 0.4) is 0 Å². The highest BCUT2D eigenvalue weighted by molar-refractivity contribution is 5.91. The quantitative estimate of drug-likeness (QED) is 0.584. The maximum Gasteiger partial charge on any atom is 0.338 e. The Labute approximate surface area is 145 Å². The van der Waals surface area contributed by atoms with Gasteiger partial charge in [-0.05, 0) is 32.0 Å². The normalized spacial score (nSPS) is 10.2. The Kier molecular flexibility index (Phi) is 6.33. The van der Waals surface area contributed by atoms with Gasteiger partial charge >= 0.3 is 5.97 Å². The van der Waals surface area contributed by atoms with Crippen LogP contribution in [0.1, 0.15) is 27.4 Å². The first kappa shape index (κ1) is 18.3. The second-order valence-electron chi connectivity index (χ2n) is 5.29. The monoisotopic (exact) mass is 344 g/mol. The molecule has 25 heavy (non-hydrogen) atoms. The zero-order valence-electron chi connectivity index (χ0n) is 14.2. The zero-order chi connectivity index (χ0) is 18.2. The largest absolute Gasteiger partial charge is 0.489 e. The van der Waals surface area contributed by atoms with Gasteiger partial charge in [0.25, 0.3) is 5.91 Å². The number of carbonyl (C=O) groups is 2. The average Bonchev–Trinajstić information content (AvgIpc) is 2.94. The van der Waals surface area contributed by atoms with Crippen LogP contribution in [0.25, 0.3) is 0 Å². The van der Waals surface area contributed by atoms with E-state index in [2.05, 4.69) is 17.1 Å². The van der Waals surface area contributed by atoms with Gasteiger partial charge in [0.05, 0.1) is 16.8 Å². The summed E-state index contributed by atoms with van der Waals surface area (Å²) >= 11 is 0. The molecule has 0 aliphatic rings.